The van der Waals surface area contributed by atoms with Crippen molar-refractivity contribution in [2.24, 2.45) is 0 Å². The highest BCUT2D eigenvalue weighted by molar-refractivity contribution is 6.03. The van der Waals surface area contributed by atoms with Gasteiger partial charge in [0.25, 0.3) is 0 Å². The number of ether oxygens (including phenoxy) is 1. The van der Waals surface area contributed by atoms with Crippen LogP contribution in [0, 0.1) is 0 Å². The fourth-order valence-corrected chi connectivity index (χ4v) is 3.90. The molecule has 4 nitrogen and oxygen atoms in total. The Morgan fingerprint density at radius 2 is 1.39 bits per heavy atom. The molecule has 0 aliphatic heterocycles. The number of hydrogen-bond donors (Lipinski definition) is 1. The van der Waals surface area contributed by atoms with E-state index in [0.717, 1.165) is 12.8 Å². The molecule has 0 atom stereocenters. The highest BCUT2D eigenvalue weighted by Crippen LogP contribution is 2.19. The molecule has 1 rings (SSSR count). The molecule has 0 heterocycles. The van der Waals surface area contributed by atoms with Crippen molar-refractivity contribution in [1.82, 2.24) is 0 Å². The molecule has 0 aliphatic rings. The zero-order valence-electron chi connectivity index (χ0n) is 19.7. The summed E-state index contributed by atoms with van der Waals surface area (Å²) in [5, 5.41) is 9.51. The van der Waals surface area contributed by atoms with Crippen LogP contribution in [0.1, 0.15) is 123 Å². The highest BCUT2D eigenvalue weighted by Gasteiger charge is 2.20. The maximum absolute atomic E-state index is 11.8. The molecule has 0 saturated carbocycles. The first-order chi connectivity index (χ1) is 15.1. The zero-order valence-corrected chi connectivity index (χ0v) is 19.7. The van der Waals surface area contributed by atoms with Gasteiger partial charge < -0.3 is 9.84 Å². The van der Waals surface area contributed by atoms with Gasteiger partial charge in [0, 0.05) is 0 Å². The second kappa shape index (κ2) is 17.6. The molecule has 0 unspecified atom stereocenters. The Kier molecular flexibility index (Phi) is 15.3. The molecule has 4 heteroatoms. The van der Waals surface area contributed by atoms with Crippen molar-refractivity contribution in [3.63, 3.8) is 0 Å². The predicted octanol–water partition coefficient (Wildman–Crippen LogP) is 7.75. The fourth-order valence-electron chi connectivity index (χ4n) is 3.90. The number of benzene rings is 1. The summed E-state index contributed by atoms with van der Waals surface area (Å²) in [5.41, 5.74) is 0.935. The van der Waals surface area contributed by atoms with Gasteiger partial charge in [0.05, 0.1) is 18.2 Å². The van der Waals surface area contributed by atoms with Gasteiger partial charge in [-0.25, -0.2) is 9.59 Å². The summed E-state index contributed by atoms with van der Waals surface area (Å²) in [6.45, 7) is 2.26. The molecule has 1 N–H and O–H groups in total. The minimum Gasteiger partial charge on any atom is -0.478 e. The van der Waals surface area contributed by atoms with Crippen LogP contribution in [0.25, 0.3) is 0 Å². The summed E-state index contributed by atoms with van der Waals surface area (Å²) >= 11 is 0. The van der Waals surface area contributed by atoms with Crippen LogP contribution in [0.3, 0.4) is 0 Å². The van der Waals surface area contributed by atoms with Gasteiger partial charge in [0.1, 0.15) is 0 Å². The first-order valence-corrected chi connectivity index (χ1v) is 12.2. The molecule has 0 saturated heterocycles. The molecule has 1 aromatic carbocycles. The Balaban J connectivity index is 2.12. The first-order valence-electron chi connectivity index (χ1n) is 12.2. The lowest BCUT2D eigenvalue weighted by atomic mass is 9.96. The molecular formula is C27H42O4. The van der Waals surface area contributed by atoms with Crippen LogP contribution < -0.4 is 0 Å². The normalized spacial score (nSPS) is 11.2. The van der Waals surface area contributed by atoms with E-state index in [9.17, 15) is 14.7 Å². The Bertz CT molecular complexity index is 663. The quantitative estimate of drug-likeness (QED) is 0.147. The number of carbonyl (C=O) groups excluding carboxylic acids is 1. The molecule has 0 amide bonds. The van der Waals surface area contributed by atoms with Crippen molar-refractivity contribution in [3.05, 3.63) is 47.0 Å². The van der Waals surface area contributed by atoms with Crippen molar-refractivity contribution in [2.45, 2.75) is 103 Å². The van der Waals surface area contributed by atoms with Gasteiger partial charge in [-0.3, -0.25) is 0 Å². The largest absolute Gasteiger partial charge is 0.478 e. The van der Waals surface area contributed by atoms with Crippen LogP contribution in [0.2, 0.25) is 0 Å². The second-order valence-corrected chi connectivity index (χ2v) is 8.32. The van der Waals surface area contributed by atoms with E-state index in [0.29, 0.717) is 12.0 Å². The summed E-state index contributed by atoms with van der Waals surface area (Å²) < 4.78 is 4.71. The minimum absolute atomic E-state index is 0.0853. The number of esters is 1. The average Bonchev–Trinajstić information content (AvgIpc) is 2.77. The van der Waals surface area contributed by atoms with Crippen LogP contribution in [0.15, 0.2) is 30.4 Å². The number of carboxylic acids is 1. The molecule has 31 heavy (non-hydrogen) atoms. The van der Waals surface area contributed by atoms with E-state index < -0.39 is 11.9 Å². The lowest BCUT2D eigenvalue weighted by Crippen LogP contribution is -2.13. The highest BCUT2D eigenvalue weighted by atomic mass is 16.5. The molecule has 174 valence electrons. The molecule has 0 aliphatic carbocycles. The smallest absolute Gasteiger partial charge is 0.338 e. The third-order valence-electron chi connectivity index (χ3n) is 5.73. The van der Waals surface area contributed by atoms with Crippen molar-refractivity contribution in [3.8, 4) is 0 Å². The van der Waals surface area contributed by atoms with Crippen molar-refractivity contribution in [2.75, 3.05) is 7.11 Å². The summed E-state index contributed by atoms with van der Waals surface area (Å²) in [7, 11) is 1.27. The van der Waals surface area contributed by atoms with Gasteiger partial charge in [0.15, 0.2) is 0 Å². The summed E-state index contributed by atoms with van der Waals surface area (Å²) in [4.78, 5) is 23.4. The Hall–Kier alpha value is -2.10. The van der Waals surface area contributed by atoms with Crippen LogP contribution in [0.5, 0.6) is 0 Å². The molecular weight excluding hydrogens is 388 g/mol. The topological polar surface area (TPSA) is 63.6 Å². The molecule has 0 spiro atoms. The third-order valence-corrected chi connectivity index (χ3v) is 5.73. The third kappa shape index (κ3) is 11.8. The fraction of sp³-hybridized carbons (Fsp3) is 0.630. The number of aryl methyl sites for hydroxylation is 1. The standard InChI is InChI=1S/C27H42O4/c1-3-4-5-6-7-8-9-10-11-12-13-14-15-16-17-18-20-23-21-19-22-24(27(30)31-2)25(23)26(28)29/h10-11,19,21-22H,3-9,12-18,20H2,1-2H3,(H,28,29). The van der Waals surface area contributed by atoms with Crippen LogP contribution in [0.4, 0.5) is 0 Å². The number of allylic oxidation sites excluding steroid dienone is 2. The van der Waals surface area contributed by atoms with Gasteiger partial charge in [-0.1, -0.05) is 89.0 Å². The van der Waals surface area contributed by atoms with Gasteiger partial charge >= 0.3 is 11.9 Å². The molecule has 0 radical (unpaired) electrons. The van der Waals surface area contributed by atoms with E-state index >= 15 is 0 Å². The molecule has 0 aromatic heterocycles. The minimum atomic E-state index is -1.07. The van der Waals surface area contributed by atoms with E-state index in [1.54, 1.807) is 12.1 Å². The molecule has 0 bridgehead atoms. The maximum Gasteiger partial charge on any atom is 0.338 e. The maximum atomic E-state index is 11.8. The summed E-state index contributed by atoms with van der Waals surface area (Å²) in [5.74, 6) is -1.67. The number of aromatic carboxylic acids is 1. The Labute approximate surface area is 189 Å². The van der Waals surface area contributed by atoms with Gasteiger partial charge in [-0.05, 0) is 50.2 Å². The van der Waals surface area contributed by atoms with Crippen LogP contribution >= 0.6 is 0 Å². The lowest BCUT2D eigenvalue weighted by molar-refractivity contribution is 0.0582. The van der Waals surface area contributed by atoms with E-state index in [-0.39, 0.29) is 11.1 Å². The van der Waals surface area contributed by atoms with E-state index in [1.807, 2.05) is 0 Å². The van der Waals surface area contributed by atoms with Crippen LogP contribution in [-0.2, 0) is 11.2 Å². The molecule has 1 aromatic rings. The lowest BCUT2D eigenvalue weighted by Gasteiger charge is -2.10. The van der Waals surface area contributed by atoms with Crippen LogP contribution in [-0.4, -0.2) is 24.2 Å². The Morgan fingerprint density at radius 3 is 1.94 bits per heavy atom. The van der Waals surface area contributed by atoms with Gasteiger partial charge in [-0.2, -0.15) is 0 Å². The SMILES string of the molecule is CCCCCCCCC=CCCCCCCCCc1cccc(C(=O)OC)c1C(=O)O. The van der Waals surface area contributed by atoms with E-state index in [2.05, 4.69) is 19.1 Å². The number of unbranched alkanes of at least 4 members (excludes halogenated alkanes) is 12. The van der Waals surface area contributed by atoms with E-state index in [4.69, 9.17) is 4.74 Å². The zero-order chi connectivity index (χ0) is 22.7. The van der Waals surface area contributed by atoms with Crippen molar-refractivity contribution < 1.29 is 19.4 Å². The number of rotatable bonds is 18. The second-order valence-electron chi connectivity index (χ2n) is 8.32. The van der Waals surface area contributed by atoms with Crippen molar-refractivity contribution in [1.29, 1.82) is 0 Å². The Morgan fingerprint density at radius 1 is 0.839 bits per heavy atom. The van der Waals surface area contributed by atoms with E-state index in [1.165, 1.54) is 90.2 Å². The predicted molar refractivity (Wildman–Crippen MR) is 128 cm³/mol. The van der Waals surface area contributed by atoms with Crippen molar-refractivity contribution >= 4 is 11.9 Å². The summed E-state index contributed by atoms with van der Waals surface area (Å²) in [6.07, 6.45) is 22.8. The molecule has 0 fully saturated rings. The van der Waals surface area contributed by atoms with Gasteiger partial charge in [0.2, 0.25) is 0 Å². The monoisotopic (exact) mass is 430 g/mol. The number of hydrogen-bond acceptors (Lipinski definition) is 3. The first kappa shape index (κ1) is 26.9. The average molecular weight is 431 g/mol. The summed E-state index contributed by atoms with van der Waals surface area (Å²) in [6, 6.07) is 5.04. The van der Waals surface area contributed by atoms with Gasteiger partial charge in [-0.15, -0.1) is 0 Å². The number of carbonyl (C=O) groups is 2. The number of methoxy groups -OCH3 is 1. The number of carboxylic acid groups (broad SMARTS) is 1.